The molecule has 1 aromatic carbocycles. The summed E-state index contributed by atoms with van der Waals surface area (Å²) in [5.74, 6) is 0.829. The first-order chi connectivity index (χ1) is 16.0. The molecule has 2 N–H and O–H groups in total. The van der Waals surface area contributed by atoms with Crippen LogP contribution in [0.4, 0.5) is 11.5 Å². The van der Waals surface area contributed by atoms with E-state index >= 15 is 0 Å². The van der Waals surface area contributed by atoms with E-state index in [1.54, 1.807) is 4.90 Å². The number of nitrogens with one attached hydrogen (secondary N) is 1. The summed E-state index contributed by atoms with van der Waals surface area (Å²) >= 11 is 6.11. The number of benzene rings is 1. The first-order valence-electron chi connectivity index (χ1n) is 11.6. The van der Waals surface area contributed by atoms with Crippen molar-refractivity contribution in [2.45, 2.75) is 45.8 Å². The molecule has 0 bridgehead atoms. The number of hydrogen-bond donors (Lipinski definition) is 2. The highest BCUT2D eigenvalue weighted by Gasteiger charge is 2.24. The van der Waals surface area contributed by atoms with E-state index in [2.05, 4.69) is 52.2 Å². The third kappa shape index (κ3) is 7.28. The van der Waals surface area contributed by atoms with Crippen molar-refractivity contribution >= 4 is 29.5 Å². The number of aryl methyl sites for hydroxylation is 1. The highest BCUT2D eigenvalue weighted by atomic mass is 35.5. The second kappa shape index (κ2) is 12.7. The van der Waals surface area contributed by atoms with E-state index in [1.165, 1.54) is 5.56 Å². The number of hydrogen-bond acceptors (Lipinski definition) is 7. The standard InChI is InChI=1S/C19H25ClN4O.C5H9NO2/c1-3-6-17-16(4-2)18(23-19(20)22-17)21-10-13-7-5-8-14(9-13)24-11-15(25)12-24;7-5-6-1-3-8-4-2-6/h5,7-9,15,25H,3-4,6,10-12H2,1-2H3,(H,21,22,23);5H,1-4H2. The number of carbonyl (C=O) groups is 1. The van der Waals surface area contributed by atoms with Gasteiger partial charge in [0.2, 0.25) is 11.7 Å². The van der Waals surface area contributed by atoms with E-state index < -0.39 is 0 Å². The van der Waals surface area contributed by atoms with Crippen LogP contribution in [0.5, 0.6) is 0 Å². The number of carbonyl (C=O) groups excluding carboxylic acids is 1. The Balaban J connectivity index is 0.000000323. The Hall–Kier alpha value is -2.42. The number of ether oxygens (including phenoxy) is 1. The molecule has 2 fully saturated rings. The van der Waals surface area contributed by atoms with Crippen LogP contribution in [-0.4, -0.2) is 71.9 Å². The molecule has 2 aromatic rings. The van der Waals surface area contributed by atoms with E-state index in [9.17, 15) is 9.90 Å². The Bertz CT molecular complexity index is 902. The predicted octanol–water partition coefficient (Wildman–Crippen LogP) is 2.91. The first-order valence-corrected chi connectivity index (χ1v) is 12.0. The van der Waals surface area contributed by atoms with Gasteiger partial charge in [0.15, 0.2) is 0 Å². The summed E-state index contributed by atoms with van der Waals surface area (Å²) in [5.41, 5.74) is 4.50. The first kappa shape index (κ1) is 25.2. The number of morpholine rings is 1. The minimum atomic E-state index is -0.200. The van der Waals surface area contributed by atoms with E-state index in [4.69, 9.17) is 16.3 Å². The topological polar surface area (TPSA) is 90.8 Å². The molecule has 9 heteroatoms. The van der Waals surface area contributed by atoms with Gasteiger partial charge in [-0.15, -0.1) is 0 Å². The van der Waals surface area contributed by atoms with Crippen LogP contribution < -0.4 is 10.2 Å². The van der Waals surface area contributed by atoms with Gasteiger partial charge in [-0.2, -0.15) is 0 Å². The fourth-order valence-corrected chi connectivity index (χ4v) is 4.05. The summed E-state index contributed by atoms with van der Waals surface area (Å²) in [6.45, 7) is 9.24. The second-order valence-corrected chi connectivity index (χ2v) is 8.54. The van der Waals surface area contributed by atoms with Crippen molar-refractivity contribution in [2.24, 2.45) is 0 Å². The summed E-state index contributed by atoms with van der Waals surface area (Å²) in [4.78, 5) is 22.7. The van der Waals surface area contributed by atoms with Crippen molar-refractivity contribution in [1.82, 2.24) is 14.9 Å². The van der Waals surface area contributed by atoms with Crippen molar-refractivity contribution in [1.29, 1.82) is 0 Å². The number of aromatic nitrogens is 2. The smallest absolute Gasteiger partial charge is 0.224 e. The van der Waals surface area contributed by atoms with Crippen molar-refractivity contribution in [3.8, 4) is 0 Å². The number of amides is 1. The van der Waals surface area contributed by atoms with Crippen LogP contribution in [0.2, 0.25) is 5.28 Å². The zero-order valence-electron chi connectivity index (χ0n) is 19.5. The molecule has 1 amide bonds. The molecule has 0 unspecified atom stereocenters. The zero-order valence-corrected chi connectivity index (χ0v) is 20.2. The van der Waals surface area contributed by atoms with Gasteiger partial charge in [-0.1, -0.05) is 32.4 Å². The fraction of sp³-hybridized carbons (Fsp3) is 0.542. The van der Waals surface area contributed by atoms with E-state index in [0.29, 0.717) is 38.1 Å². The molecule has 0 saturated carbocycles. The van der Waals surface area contributed by atoms with Crippen molar-refractivity contribution in [2.75, 3.05) is 49.6 Å². The van der Waals surface area contributed by atoms with Gasteiger partial charge in [0.25, 0.3) is 0 Å². The zero-order chi connectivity index (χ0) is 23.6. The third-order valence-corrected chi connectivity index (χ3v) is 5.87. The van der Waals surface area contributed by atoms with Gasteiger partial charge in [-0.25, -0.2) is 9.97 Å². The summed E-state index contributed by atoms with van der Waals surface area (Å²) in [6, 6.07) is 8.37. The molecule has 2 aliphatic heterocycles. The molecule has 0 spiro atoms. The number of nitrogens with zero attached hydrogens (tertiary/aromatic N) is 4. The monoisotopic (exact) mass is 475 g/mol. The molecule has 33 heavy (non-hydrogen) atoms. The Labute approximate surface area is 200 Å². The average Bonchev–Trinajstić information content (AvgIpc) is 2.82. The van der Waals surface area contributed by atoms with Crippen molar-refractivity contribution in [3.63, 3.8) is 0 Å². The molecule has 180 valence electrons. The molecule has 0 radical (unpaired) electrons. The Morgan fingerprint density at radius 3 is 2.61 bits per heavy atom. The molecule has 3 heterocycles. The van der Waals surface area contributed by atoms with Crippen LogP contribution in [0.3, 0.4) is 0 Å². The second-order valence-electron chi connectivity index (χ2n) is 8.21. The van der Waals surface area contributed by atoms with E-state index in [1.807, 2.05) is 6.07 Å². The Kier molecular flexibility index (Phi) is 9.72. The number of rotatable bonds is 8. The summed E-state index contributed by atoms with van der Waals surface area (Å²) in [6.07, 6.45) is 3.48. The normalized spacial score (nSPS) is 16.0. The Morgan fingerprint density at radius 1 is 1.24 bits per heavy atom. The highest BCUT2D eigenvalue weighted by molar-refractivity contribution is 6.28. The minimum absolute atomic E-state index is 0.200. The summed E-state index contributed by atoms with van der Waals surface area (Å²) in [5, 5.41) is 13.2. The molecule has 2 aliphatic rings. The van der Waals surface area contributed by atoms with E-state index in [0.717, 1.165) is 61.5 Å². The summed E-state index contributed by atoms with van der Waals surface area (Å²) < 4.78 is 5.00. The maximum atomic E-state index is 10.0. The number of anilines is 2. The maximum absolute atomic E-state index is 10.0. The lowest BCUT2D eigenvalue weighted by atomic mass is 10.1. The lowest BCUT2D eigenvalue weighted by Crippen LogP contribution is -2.50. The van der Waals surface area contributed by atoms with Crippen LogP contribution in [0.25, 0.3) is 0 Å². The molecule has 0 atom stereocenters. The SMILES string of the molecule is CCCc1nc(Cl)nc(NCc2cccc(N3CC(O)C3)c2)c1CC.O=CN1CCOCC1. The van der Waals surface area contributed by atoms with Crippen molar-refractivity contribution < 1.29 is 14.6 Å². The maximum Gasteiger partial charge on any atom is 0.224 e. The van der Waals surface area contributed by atoms with Crippen molar-refractivity contribution in [3.05, 3.63) is 46.4 Å². The Morgan fingerprint density at radius 2 is 2.00 bits per heavy atom. The van der Waals surface area contributed by atoms with Gasteiger partial charge in [0, 0.05) is 44.0 Å². The van der Waals surface area contributed by atoms with Crippen LogP contribution in [0.1, 0.15) is 37.1 Å². The predicted molar refractivity (Wildman–Crippen MR) is 131 cm³/mol. The van der Waals surface area contributed by atoms with Gasteiger partial charge >= 0.3 is 0 Å². The van der Waals surface area contributed by atoms with Gasteiger partial charge in [-0.05, 0) is 42.1 Å². The third-order valence-electron chi connectivity index (χ3n) is 5.70. The quantitative estimate of drug-likeness (QED) is 0.448. The lowest BCUT2D eigenvalue weighted by molar-refractivity contribution is -0.121. The molecule has 2 saturated heterocycles. The molecule has 4 rings (SSSR count). The van der Waals surface area contributed by atoms with Crippen LogP contribution in [-0.2, 0) is 28.9 Å². The molecular formula is C24H34ClN5O3. The number of aliphatic hydroxyl groups excluding tert-OH is 1. The highest BCUT2D eigenvalue weighted by Crippen LogP contribution is 2.24. The van der Waals surface area contributed by atoms with Crippen LogP contribution in [0, 0.1) is 0 Å². The number of aliphatic hydroxyl groups is 1. The number of β-amino-alcohol motifs (C(OH)–C–C–N with tert-alkyl or cyclic N) is 1. The molecular weight excluding hydrogens is 442 g/mol. The average molecular weight is 476 g/mol. The lowest BCUT2D eigenvalue weighted by Gasteiger charge is -2.38. The molecule has 8 nitrogen and oxygen atoms in total. The summed E-state index contributed by atoms with van der Waals surface area (Å²) in [7, 11) is 0. The van der Waals surface area contributed by atoms with Gasteiger partial charge in [0.05, 0.1) is 25.0 Å². The minimum Gasteiger partial charge on any atom is -0.389 e. The van der Waals surface area contributed by atoms with Crippen LogP contribution in [0.15, 0.2) is 24.3 Å². The molecule has 1 aromatic heterocycles. The molecule has 0 aliphatic carbocycles. The fourth-order valence-electron chi connectivity index (χ4n) is 3.86. The van der Waals surface area contributed by atoms with Gasteiger partial charge in [-0.3, -0.25) is 4.79 Å². The van der Waals surface area contributed by atoms with Gasteiger partial charge in [0.1, 0.15) is 5.82 Å². The van der Waals surface area contributed by atoms with Crippen LogP contribution >= 0.6 is 11.6 Å². The largest absolute Gasteiger partial charge is 0.389 e. The van der Waals surface area contributed by atoms with Gasteiger partial charge < -0.3 is 25.0 Å². The number of halogens is 1. The van der Waals surface area contributed by atoms with E-state index in [-0.39, 0.29) is 6.10 Å².